The van der Waals surface area contributed by atoms with Crippen LogP contribution in [-0.2, 0) is 19.7 Å². The molecular weight excluding hydrogens is 434 g/mol. The standard InChI is InChI=1S/C28H28ClNO3/c1-19-10-11-20(2)24(18-19)30-26(31)25(21-8-4-3-5-9-21)33-27(32)28(16-6-7-17-28)22-12-14-23(29)15-13-22/h3-5,8-15,18,25H,6-7,16-17H2,1-2H3,(H,30,31)/t25-/m1/s1. The third-order valence-corrected chi connectivity index (χ3v) is 6.71. The van der Waals surface area contributed by atoms with Crippen molar-refractivity contribution in [3.8, 4) is 0 Å². The van der Waals surface area contributed by atoms with E-state index in [1.54, 1.807) is 12.1 Å². The van der Waals surface area contributed by atoms with E-state index in [0.29, 0.717) is 29.1 Å². The molecule has 1 aliphatic rings. The van der Waals surface area contributed by atoms with Crippen LogP contribution >= 0.6 is 11.6 Å². The topological polar surface area (TPSA) is 55.4 Å². The van der Waals surface area contributed by atoms with Crippen LogP contribution in [-0.4, -0.2) is 11.9 Å². The van der Waals surface area contributed by atoms with Crippen LogP contribution in [0.2, 0.25) is 5.02 Å². The summed E-state index contributed by atoms with van der Waals surface area (Å²) < 4.78 is 6.03. The van der Waals surface area contributed by atoms with Crippen LogP contribution in [0.15, 0.2) is 72.8 Å². The van der Waals surface area contributed by atoms with Gasteiger partial charge in [-0.15, -0.1) is 0 Å². The van der Waals surface area contributed by atoms with Gasteiger partial charge in [-0.1, -0.05) is 79.0 Å². The molecule has 0 aromatic heterocycles. The number of aryl methyl sites for hydroxylation is 2. The molecule has 3 aromatic carbocycles. The molecule has 4 nitrogen and oxygen atoms in total. The van der Waals surface area contributed by atoms with Crippen molar-refractivity contribution in [3.05, 3.63) is 100 Å². The number of benzene rings is 3. The largest absolute Gasteiger partial charge is 0.447 e. The Bertz CT molecular complexity index is 1140. The number of amides is 1. The maximum Gasteiger partial charge on any atom is 0.317 e. The van der Waals surface area contributed by atoms with Crippen molar-refractivity contribution in [2.45, 2.75) is 51.0 Å². The molecule has 1 fully saturated rings. The van der Waals surface area contributed by atoms with Crippen LogP contribution in [0.5, 0.6) is 0 Å². The van der Waals surface area contributed by atoms with E-state index < -0.39 is 11.5 Å². The van der Waals surface area contributed by atoms with Crippen LogP contribution in [0, 0.1) is 13.8 Å². The Balaban J connectivity index is 1.65. The zero-order valence-electron chi connectivity index (χ0n) is 18.9. The van der Waals surface area contributed by atoms with Gasteiger partial charge in [0.05, 0.1) is 5.41 Å². The van der Waals surface area contributed by atoms with Crippen LogP contribution in [0.1, 0.15) is 54.0 Å². The van der Waals surface area contributed by atoms with E-state index >= 15 is 0 Å². The predicted molar refractivity (Wildman–Crippen MR) is 131 cm³/mol. The highest BCUT2D eigenvalue weighted by Gasteiger charge is 2.45. The fourth-order valence-corrected chi connectivity index (χ4v) is 4.67. The summed E-state index contributed by atoms with van der Waals surface area (Å²) in [6, 6.07) is 22.4. The highest BCUT2D eigenvalue weighted by molar-refractivity contribution is 6.30. The highest BCUT2D eigenvalue weighted by atomic mass is 35.5. The molecule has 0 bridgehead atoms. The first-order valence-corrected chi connectivity index (χ1v) is 11.7. The summed E-state index contributed by atoms with van der Waals surface area (Å²) in [6.45, 7) is 3.91. The molecule has 0 aliphatic heterocycles. The summed E-state index contributed by atoms with van der Waals surface area (Å²) in [4.78, 5) is 27.1. The van der Waals surface area contributed by atoms with Gasteiger partial charge < -0.3 is 10.1 Å². The van der Waals surface area contributed by atoms with Crippen molar-refractivity contribution in [3.63, 3.8) is 0 Å². The number of hydrogen-bond acceptors (Lipinski definition) is 3. The summed E-state index contributed by atoms with van der Waals surface area (Å²) in [5.74, 6) is -0.736. The van der Waals surface area contributed by atoms with Gasteiger partial charge in [-0.3, -0.25) is 9.59 Å². The summed E-state index contributed by atoms with van der Waals surface area (Å²) in [6.07, 6.45) is 2.19. The molecular formula is C28H28ClNO3. The van der Waals surface area contributed by atoms with Crippen LogP contribution in [0.3, 0.4) is 0 Å². The van der Waals surface area contributed by atoms with E-state index in [1.165, 1.54) is 0 Å². The quantitative estimate of drug-likeness (QED) is 0.416. The number of carbonyl (C=O) groups is 2. The molecule has 0 spiro atoms. The zero-order valence-corrected chi connectivity index (χ0v) is 19.7. The van der Waals surface area contributed by atoms with Crippen LogP contribution < -0.4 is 5.32 Å². The van der Waals surface area contributed by atoms with Gasteiger partial charge in [0.2, 0.25) is 6.10 Å². The Labute approximate surface area is 199 Å². The smallest absolute Gasteiger partial charge is 0.317 e. The first-order valence-electron chi connectivity index (χ1n) is 11.3. The number of halogens is 1. The van der Waals surface area contributed by atoms with Crippen molar-refractivity contribution in [2.24, 2.45) is 0 Å². The van der Waals surface area contributed by atoms with Crippen molar-refractivity contribution in [1.82, 2.24) is 0 Å². The summed E-state index contributed by atoms with van der Waals surface area (Å²) >= 11 is 6.08. The average molecular weight is 462 g/mol. The third kappa shape index (κ3) is 4.96. The minimum absolute atomic E-state index is 0.368. The van der Waals surface area contributed by atoms with E-state index in [2.05, 4.69) is 5.32 Å². The third-order valence-electron chi connectivity index (χ3n) is 6.46. The van der Waals surface area contributed by atoms with Gasteiger partial charge in [0, 0.05) is 16.3 Å². The van der Waals surface area contributed by atoms with Crippen molar-refractivity contribution in [2.75, 3.05) is 5.32 Å². The zero-order chi connectivity index (χ0) is 23.4. The van der Waals surface area contributed by atoms with Gasteiger partial charge in [0.1, 0.15) is 0 Å². The maximum atomic E-state index is 13.7. The average Bonchev–Trinajstić information content (AvgIpc) is 3.32. The van der Waals surface area contributed by atoms with Crippen LogP contribution in [0.25, 0.3) is 0 Å². The van der Waals surface area contributed by atoms with Gasteiger partial charge in [-0.2, -0.15) is 0 Å². The molecule has 3 aromatic rings. The normalized spacial score (nSPS) is 15.6. The monoisotopic (exact) mass is 461 g/mol. The maximum absolute atomic E-state index is 13.7. The van der Waals surface area contributed by atoms with Crippen LogP contribution in [0.4, 0.5) is 5.69 Å². The molecule has 1 atom stereocenters. The minimum atomic E-state index is -1.05. The second-order valence-electron chi connectivity index (χ2n) is 8.80. The summed E-state index contributed by atoms with van der Waals surface area (Å²) in [5, 5.41) is 3.59. The van der Waals surface area contributed by atoms with Crippen molar-refractivity contribution < 1.29 is 14.3 Å². The number of carbonyl (C=O) groups excluding carboxylic acids is 2. The lowest BCUT2D eigenvalue weighted by molar-refractivity contribution is -0.160. The molecule has 4 rings (SSSR count). The van der Waals surface area contributed by atoms with Gasteiger partial charge >= 0.3 is 5.97 Å². The lowest BCUT2D eigenvalue weighted by Crippen LogP contribution is -2.38. The molecule has 1 N–H and O–H groups in total. The molecule has 0 heterocycles. The number of ether oxygens (including phenoxy) is 1. The Hall–Kier alpha value is -3.11. The van der Waals surface area contributed by atoms with Gasteiger partial charge in [0.15, 0.2) is 0 Å². The fraction of sp³-hybridized carbons (Fsp3) is 0.286. The van der Waals surface area contributed by atoms with E-state index in [4.69, 9.17) is 16.3 Å². The Morgan fingerprint density at radius 2 is 1.61 bits per heavy atom. The SMILES string of the molecule is Cc1ccc(C)c(NC(=O)[C@H](OC(=O)C2(c3ccc(Cl)cc3)CCCC2)c2ccccc2)c1. The number of rotatable bonds is 6. The number of esters is 1. The van der Waals surface area contributed by atoms with E-state index in [-0.39, 0.29) is 11.9 Å². The van der Waals surface area contributed by atoms with Crippen molar-refractivity contribution >= 4 is 29.2 Å². The van der Waals surface area contributed by atoms with Gasteiger partial charge in [0.25, 0.3) is 5.91 Å². The van der Waals surface area contributed by atoms with E-state index in [0.717, 1.165) is 29.5 Å². The van der Waals surface area contributed by atoms with E-state index in [9.17, 15) is 9.59 Å². The molecule has 1 saturated carbocycles. The molecule has 0 radical (unpaired) electrons. The summed E-state index contributed by atoms with van der Waals surface area (Å²) in [5.41, 5.74) is 3.45. The molecule has 1 amide bonds. The second-order valence-corrected chi connectivity index (χ2v) is 9.24. The number of hydrogen-bond donors (Lipinski definition) is 1. The fourth-order valence-electron chi connectivity index (χ4n) is 4.55. The number of anilines is 1. The molecule has 0 saturated heterocycles. The number of nitrogens with one attached hydrogen (secondary N) is 1. The van der Waals surface area contributed by atoms with E-state index in [1.807, 2.05) is 74.5 Å². The molecule has 33 heavy (non-hydrogen) atoms. The molecule has 170 valence electrons. The molecule has 5 heteroatoms. The summed E-state index contributed by atoms with van der Waals surface area (Å²) in [7, 11) is 0. The van der Waals surface area contributed by atoms with Crippen molar-refractivity contribution in [1.29, 1.82) is 0 Å². The first kappa shape index (κ1) is 23.1. The first-order chi connectivity index (χ1) is 15.9. The predicted octanol–water partition coefficient (Wildman–Crippen LogP) is 6.69. The Morgan fingerprint density at radius 1 is 0.939 bits per heavy atom. The van der Waals surface area contributed by atoms with Gasteiger partial charge in [-0.05, 0) is 61.6 Å². The van der Waals surface area contributed by atoms with Gasteiger partial charge in [-0.25, -0.2) is 0 Å². The molecule has 1 aliphatic carbocycles. The highest BCUT2D eigenvalue weighted by Crippen LogP contribution is 2.43. The minimum Gasteiger partial charge on any atom is -0.447 e. The lowest BCUT2D eigenvalue weighted by atomic mass is 9.79. The second kappa shape index (κ2) is 9.80. The Kier molecular flexibility index (Phi) is 6.85. The molecule has 0 unspecified atom stereocenters. The Morgan fingerprint density at radius 3 is 2.27 bits per heavy atom. The lowest BCUT2D eigenvalue weighted by Gasteiger charge is -2.30.